The van der Waals surface area contributed by atoms with Crippen LogP contribution in [-0.2, 0) is 9.47 Å². The first-order chi connectivity index (χ1) is 12.3. The lowest BCUT2D eigenvalue weighted by molar-refractivity contribution is 0.0168. The lowest BCUT2D eigenvalue weighted by Gasteiger charge is -2.10. The van der Waals surface area contributed by atoms with Crippen LogP contribution in [0.4, 0.5) is 9.93 Å². The summed E-state index contributed by atoms with van der Waals surface area (Å²) in [7, 11) is 0. The summed E-state index contributed by atoms with van der Waals surface area (Å²) >= 11 is 1.28. The maximum atomic E-state index is 11.8. The van der Waals surface area contributed by atoms with Crippen molar-refractivity contribution < 1.29 is 14.3 Å². The summed E-state index contributed by atoms with van der Waals surface area (Å²) in [5, 5.41) is 14.5. The molecule has 0 spiro atoms. The fraction of sp³-hybridized carbons (Fsp3) is 0.500. The Kier molecular flexibility index (Phi) is 6.66. The minimum atomic E-state index is -0.303. The molecule has 25 heavy (non-hydrogen) atoms. The van der Waals surface area contributed by atoms with Crippen molar-refractivity contribution in [3.63, 3.8) is 0 Å². The van der Waals surface area contributed by atoms with Gasteiger partial charge < -0.3 is 14.8 Å². The largest absolute Gasteiger partial charge is 0.379 e. The summed E-state index contributed by atoms with van der Waals surface area (Å²) in [4.78, 5) is 16.0. The zero-order valence-corrected chi connectivity index (χ0v) is 14.6. The highest BCUT2D eigenvalue weighted by Crippen LogP contribution is 2.24. The standard InChI is InChI=1S/C16H21N5O3S/c22-15(18-8-4-9-23-11-12-5-3-10-24-12)19-16-21-20-14(25-16)13-6-1-2-7-17-13/h1-2,6-7,12H,3-5,8-11H2,(H2,18,19,21,22)/t12-/m0/s1. The van der Waals surface area contributed by atoms with Crippen LogP contribution >= 0.6 is 11.3 Å². The predicted molar refractivity (Wildman–Crippen MR) is 94.6 cm³/mol. The Balaban J connectivity index is 1.31. The number of rotatable bonds is 8. The van der Waals surface area contributed by atoms with E-state index in [9.17, 15) is 4.79 Å². The molecule has 3 heterocycles. The van der Waals surface area contributed by atoms with Gasteiger partial charge in [-0.2, -0.15) is 0 Å². The smallest absolute Gasteiger partial charge is 0.321 e. The molecule has 0 bridgehead atoms. The molecule has 2 aromatic heterocycles. The Morgan fingerprint density at radius 3 is 3.16 bits per heavy atom. The summed E-state index contributed by atoms with van der Waals surface area (Å²) in [6.45, 7) is 2.60. The van der Waals surface area contributed by atoms with Crippen molar-refractivity contribution in [1.29, 1.82) is 0 Å². The van der Waals surface area contributed by atoms with Crippen LogP contribution in [0.1, 0.15) is 19.3 Å². The van der Waals surface area contributed by atoms with Gasteiger partial charge in [0.15, 0.2) is 5.01 Å². The quantitative estimate of drug-likeness (QED) is 0.699. The van der Waals surface area contributed by atoms with Crippen molar-refractivity contribution in [3.8, 4) is 10.7 Å². The summed E-state index contributed by atoms with van der Waals surface area (Å²) < 4.78 is 11.0. The minimum Gasteiger partial charge on any atom is -0.379 e. The third-order valence-electron chi connectivity index (χ3n) is 3.61. The molecule has 0 aliphatic carbocycles. The van der Waals surface area contributed by atoms with Crippen LogP contribution in [0.5, 0.6) is 0 Å². The lowest BCUT2D eigenvalue weighted by Crippen LogP contribution is -2.30. The van der Waals surface area contributed by atoms with Crippen LogP contribution < -0.4 is 10.6 Å². The van der Waals surface area contributed by atoms with Gasteiger partial charge in [0.05, 0.1) is 12.7 Å². The average molecular weight is 363 g/mol. The fourth-order valence-electron chi connectivity index (χ4n) is 2.37. The second-order valence-corrected chi connectivity index (χ2v) is 6.55. The highest BCUT2D eigenvalue weighted by Gasteiger charge is 2.15. The highest BCUT2D eigenvalue weighted by molar-refractivity contribution is 7.18. The zero-order valence-electron chi connectivity index (χ0n) is 13.8. The zero-order chi connectivity index (χ0) is 17.3. The first-order valence-corrected chi connectivity index (χ1v) is 9.12. The number of pyridine rings is 1. The third-order valence-corrected chi connectivity index (χ3v) is 4.47. The Labute approximate surface area is 150 Å². The molecule has 1 aliphatic rings. The molecule has 2 N–H and O–H groups in total. The first-order valence-electron chi connectivity index (χ1n) is 8.30. The number of nitrogens with zero attached hydrogens (tertiary/aromatic N) is 3. The van der Waals surface area contributed by atoms with Crippen LogP contribution in [0.15, 0.2) is 24.4 Å². The second-order valence-electron chi connectivity index (χ2n) is 5.57. The van der Waals surface area contributed by atoms with Crippen LogP contribution in [0.3, 0.4) is 0 Å². The molecule has 9 heteroatoms. The van der Waals surface area contributed by atoms with Gasteiger partial charge in [0.1, 0.15) is 5.69 Å². The number of hydrogen-bond donors (Lipinski definition) is 2. The molecule has 0 unspecified atom stereocenters. The molecular weight excluding hydrogens is 342 g/mol. The summed E-state index contributed by atoms with van der Waals surface area (Å²) in [5.41, 5.74) is 0.733. The Hall–Kier alpha value is -2.10. The minimum absolute atomic E-state index is 0.238. The van der Waals surface area contributed by atoms with Crippen LogP contribution in [0, 0.1) is 0 Å². The number of aromatic nitrogens is 3. The van der Waals surface area contributed by atoms with E-state index in [1.165, 1.54) is 11.3 Å². The van der Waals surface area contributed by atoms with E-state index >= 15 is 0 Å². The van der Waals surface area contributed by atoms with E-state index in [-0.39, 0.29) is 12.1 Å². The number of anilines is 1. The molecule has 3 rings (SSSR count). The molecule has 0 radical (unpaired) electrons. The number of ether oxygens (including phenoxy) is 2. The molecule has 8 nitrogen and oxygen atoms in total. The molecule has 2 aromatic rings. The van der Waals surface area contributed by atoms with Crippen molar-refractivity contribution in [2.24, 2.45) is 0 Å². The molecule has 0 aromatic carbocycles. The Morgan fingerprint density at radius 1 is 1.40 bits per heavy atom. The van der Waals surface area contributed by atoms with Crippen LogP contribution in [-0.4, -0.2) is 53.7 Å². The third kappa shape index (κ3) is 5.73. The topological polar surface area (TPSA) is 98.3 Å². The van der Waals surface area contributed by atoms with E-state index in [1.54, 1.807) is 6.20 Å². The summed E-state index contributed by atoms with van der Waals surface area (Å²) in [6, 6.07) is 5.26. The number of urea groups is 1. The second kappa shape index (κ2) is 9.40. The van der Waals surface area contributed by atoms with Gasteiger partial charge in [0.2, 0.25) is 5.13 Å². The van der Waals surface area contributed by atoms with Gasteiger partial charge >= 0.3 is 6.03 Å². The normalized spacial score (nSPS) is 16.7. The van der Waals surface area contributed by atoms with Gasteiger partial charge in [-0.3, -0.25) is 10.3 Å². The maximum absolute atomic E-state index is 11.8. The lowest BCUT2D eigenvalue weighted by atomic mass is 10.2. The van der Waals surface area contributed by atoms with Crippen LogP contribution in [0.2, 0.25) is 0 Å². The van der Waals surface area contributed by atoms with Crippen molar-refractivity contribution in [3.05, 3.63) is 24.4 Å². The molecule has 2 amide bonds. The van der Waals surface area contributed by atoms with Crippen molar-refractivity contribution >= 4 is 22.5 Å². The SMILES string of the molecule is O=C(NCCCOC[C@@H]1CCCO1)Nc1nnc(-c2ccccn2)s1. The Bertz CT molecular complexity index is 661. The van der Waals surface area contributed by atoms with Gasteiger partial charge in [0, 0.05) is 26.0 Å². The van der Waals surface area contributed by atoms with E-state index in [4.69, 9.17) is 9.47 Å². The van der Waals surface area contributed by atoms with E-state index in [0.717, 1.165) is 31.6 Å². The molecule has 1 aliphatic heterocycles. The van der Waals surface area contributed by atoms with Crippen molar-refractivity contribution in [1.82, 2.24) is 20.5 Å². The molecule has 1 atom stereocenters. The van der Waals surface area contributed by atoms with Crippen molar-refractivity contribution in [2.75, 3.05) is 31.7 Å². The monoisotopic (exact) mass is 363 g/mol. The summed E-state index contributed by atoms with van der Waals surface area (Å²) in [5.74, 6) is 0. The number of amides is 2. The van der Waals surface area contributed by atoms with Gasteiger partial charge in [0.25, 0.3) is 0 Å². The van der Waals surface area contributed by atoms with E-state index in [1.807, 2.05) is 18.2 Å². The highest BCUT2D eigenvalue weighted by atomic mass is 32.1. The fourth-order valence-corrected chi connectivity index (χ4v) is 3.09. The molecule has 0 saturated carbocycles. The number of carbonyl (C=O) groups is 1. The van der Waals surface area contributed by atoms with Gasteiger partial charge in [-0.25, -0.2) is 4.79 Å². The number of nitrogens with one attached hydrogen (secondary N) is 2. The molecule has 1 saturated heterocycles. The maximum Gasteiger partial charge on any atom is 0.321 e. The summed E-state index contributed by atoms with van der Waals surface area (Å²) in [6.07, 6.45) is 4.86. The molecule has 134 valence electrons. The number of hydrogen-bond acceptors (Lipinski definition) is 7. The molecule has 1 fully saturated rings. The first kappa shape index (κ1) is 17.7. The van der Waals surface area contributed by atoms with Gasteiger partial charge in [-0.1, -0.05) is 17.4 Å². The molecular formula is C16H21N5O3S. The van der Waals surface area contributed by atoms with E-state index < -0.39 is 0 Å². The van der Waals surface area contributed by atoms with E-state index in [0.29, 0.717) is 29.9 Å². The van der Waals surface area contributed by atoms with Gasteiger partial charge in [-0.15, -0.1) is 10.2 Å². The van der Waals surface area contributed by atoms with E-state index in [2.05, 4.69) is 25.8 Å². The average Bonchev–Trinajstić information content (AvgIpc) is 3.31. The Morgan fingerprint density at radius 2 is 2.36 bits per heavy atom. The number of carbonyl (C=O) groups excluding carboxylic acids is 1. The van der Waals surface area contributed by atoms with Gasteiger partial charge in [-0.05, 0) is 31.4 Å². The predicted octanol–water partition coefficient (Wildman–Crippen LogP) is 2.31. The van der Waals surface area contributed by atoms with Crippen molar-refractivity contribution in [2.45, 2.75) is 25.4 Å². The van der Waals surface area contributed by atoms with Crippen LogP contribution in [0.25, 0.3) is 10.7 Å².